The van der Waals surface area contributed by atoms with Gasteiger partial charge in [0.05, 0.1) is 11.9 Å². The molecule has 5 nitrogen and oxygen atoms in total. The maximum absolute atomic E-state index is 12.2. The molecule has 1 aliphatic carbocycles. The summed E-state index contributed by atoms with van der Waals surface area (Å²) in [6, 6.07) is 3.64. The van der Waals surface area contributed by atoms with Gasteiger partial charge in [-0.25, -0.2) is 0 Å². The first-order valence-electron chi connectivity index (χ1n) is 7.13. The second-order valence-electron chi connectivity index (χ2n) is 5.77. The number of hydrogen-bond donors (Lipinski definition) is 1. The number of rotatable bonds is 3. The van der Waals surface area contributed by atoms with Gasteiger partial charge in [-0.3, -0.25) is 14.6 Å². The van der Waals surface area contributed by atoms with Gasteiger partial charge in [0.25, 0.3) is 0 Å². The summed E-state index contributed by atoms with van der Waals surface area (Å²) < 4.78 is 0. The Bertz CT molecular complexity index is 531. The van der Waals surface area contributed by atoms with Crippen molar-refractivity contribution >= 4 is 17.5 Å². The van der Waals surface area contributed by atoms with E-state index in [1.165, 1.54) is 0 Å². The number of anilines is 1. The molecule has 1 N–H and O–H groups in total. The number of hydrogen-bond acceptors (Lipinski definition) is 3. The Morgan fingerprint density at radius 2 is 2.40 bits per heavy atom. The summed E-state index contributed by atoms with van der Waals surface area (Å²) in [4.78, 5) is 29.8. The molecule has 2 heterocycles. The van der Waals surface area contributed by atoms with Gasteiger partial charge in [0.15, 0.2) is 0 Å². The SMILES string of the molecule is CCC(=O)N1CC[C@]2(C[C@H]2C(=O)Nc2cccnc2)C1. The van der Waals surface area contributed by atoms with Crippen LogP contribution in [0.1, 0.15) is 26.2 Å². The first kappa shape index (κ1) is 13.1. The van der Waals surface area contributed by atoms with Crippen LogP contribution in [-0.4, -0.2) is 34.8 Å². The van der Waals surface area contributed by atoms with Crippen molar-refractivity contribution in [3.05, 3.63) is 24.5 Å². The Morgan fingerprint density at radius 3 is 3.10 bits per heavy atom. The molecule has 1 saturated carbocycles. The Balaban J connectivity index is 1.59. The van der Waals surface area contributed by atoms with Gasteiger partial charge in [-0.15, -0.1) is 0 Å². The maximum Gasteiger partial charge on any atom is 0.228 e. The quantitative estimate of drug-likeness (QED) is 0.911. The van der Waals surface area contributed by atoms with Gasteiger partial charge < -0.3 is 10.2 Å². The second kappa shape index (κ2) is 4.89. The second-order valence-corrected chi connectivity index (χ2v) is 5.77. The number of nitrogens with zero attached hydrogens (tertiary/aromatic N) is 2. The molecule has 1 spiro atoms. The lowest BCUT2D eigenvalue weighted by molar-refractivity contribution is -0.130. The van der Waals surface area contributed by atoms with Gasteiger partial charge in [0.1, 0.15) is 0 Å². The van der Waals surface area contributed by atoms with Gasteiger partial charge in [0.2, 0.25) is 11.8 Å². The van der Waals surface area contributed by atoms with Crippen LogP contribution in [-0.2, 0) is 9.59 Å². The average molecular weight is 273 g/mol. The van der Waals surface area contributed by atoms with E-state index in [1.54, 1.807) is 18.5 Å². The number of carbonyl (C=O) groups excluding carboxylic acids is 2. The monoisotopic (exact) mass is 273 g/mol. The molecule has 0 aromatic carbocycles. The number of aromatic nitrogens is 1. The topological polar surface area (TPSA) is 62.3 Å². The molecule has 20 heavy (non-hydrogen) atoms. The third kappa shape index (κ3) is 2.28. The summed E-state index contributed by atoms with van der Waals surface area (Å²) in [7, 11) is 0. The summed E-state index contributed by atoms with van der Waals surface area (Å²) in [5.74, 6) is 0.293. The van der Waals surface area contributed by atoms with E-state index in [4.69, 9.17) is 0 Å². The van der Waals surface area contributed by atoms with Crippen molar-refractivity contribution in [2.75, 3.05) is 18.4 Å². The summed E-state index contributed by atoms with van der Waals surface area (Å²) in [6.45, 7) is 3.42. The predicted octanol–water partition coefficient (Wildman–Crippen LogP) is 1.67. The molecule has 1 saturated heterocycles. The van der Waals surface area contributed by atoms with Crippen LogP contribution < -0.4 is 5.32 Å². The molecule has 0 bridgehead atoms. The minimum atomic E-state index is 0.0388. The zero-order valence-corrected chi connectivity index (χ0v) is 11.6. The number of likely N-dealkylation sites (tertiary alicyclic amines) is 1. The first-order valence-corrected chi connectivity index (χ1v) is 7.13. The standard InChI is InChI=1S/C15H19N3O2/c1-2-13(19)18-7-5-15(10-18)8-12(15)14(20)17-11-4-3-6-16-9-11/h3-4,6,9,12H,2,5,7-8,10H2,1H3,(H,17,20)/t12-,15-/m0/s1. The highest BCUT2D eigenvalue weighted by atomic mass is 16.2. The molecule has 3 rings (SSSR count). The van der Waals surface area contributed by atoms with Crippen molar-refractivity contribution in [1.82, 2.24) is 9.88 Å². The molecular weight excluding hydrogens is 254 g/mol. The van der Waals surface area contributed by atoms with Crippen LogP contribution in [0.15, 0.2) is 24.5 Å². The van der Waals surface area contributed by atoms with E-state index in [9.17, 15) is 9.59 Å². The molecule has 1 aromatic heterocycles. The van der Waals surface area contributed by atoms with Gasteiger partial charge in [-0.1, -0.05) is 6.92 Å². The minimum Gasteiger partial charge on any atom is -0.342 e. The smallest absolute Gasteiger partial charge is 0.228 e. The summed E-state index contributed by atoms with van der Waals surface area (Å²) >= 11 is 0. The van der Waals surface area contributed by atoms with E-state index in [0.717, 1.165) is 31.6 Å². The molecule has 106 valence electrons. The van der Waals surface area contributed by atoms with E-state index in [-0.39, 0.29) is 23.1 Å². The molecule has 0 unspecified atom stereocenters. The molecule has 1 aliphatic heterocycles. The van der Waals surface area contributed by atoms with Crippen LogP contribution in [0.25, 0.3) is 0 Å². The van der Waals surface area contributed by atoms with E-state index < -0.39 is 0 Å². The van der Waals surface area contributed by atoms with Crippen molar-refractivity contribution in [3.63, 3.8) is 0 Å². The lowest BCUT2D eigenvalue weighted by Crippen LogP contribution is -2.29. The Kier molecular flexibility index (Phi) is 3.20. The first-order chi connectivity index (χ1) is 9.64. The highest BCUT2D eigenvalue weighted by molar-refractivity contribution is 5.95. The third-order valence-electron chi connectivity index (χ3n) is 4.48. The molecule has 0 radical (unpaired) electrons. The number of amides is 2. The summed E-state index contributed by atoms with van der Waals surface area (Å²) in [5.41, 5.74) is 0.774. The van der Waals surface area contributed by atoms with Crippen LogP contribution in [0.4, 0.5) is 5.69 Å². The van der Waals surface area contributed by atoms with Crippen LogP contribution in [0.2, 0.25) is 0 Å². The van der Waals surface area contributed by atoms with Gasteiger partial charge in [0, 0.05) is 37.0 Å². The Labute approximate surface area is 118 Å². The molecule has 2 amide bonds. The van der Waals surface area contributed by atoms with Gasteiger partial charge in [-0.05, 0) is 25.0 Å². The fraction of sp³-hybridized carbons (Fsp3) is 0.533. The van der Waals surface area contributed by atoms with Crippen LogP contribution in [0, 0.1) is 11.3 Å². The van der Waals surface area contributed by atoms with E-state index in [1.807, 2.05) is 17.9 Å². The largest absolute Gasteiger partial charge is 0.342 e. The maximum atomic E-state index is 12.2. The Hall–Kier alpha value is -1.91. The van der Waals surface area contributed by atoms with Crippen molar-refractivity contribution in [3.8, 4) is 0 Å². The third-order valence-corrected chi connectivity index (χ3v) is 4.48. The molecule has 2 fully saturated rings. The van der Waals surface area contributed by atoms with Crippen molar-refractivity contribution in [1.29, 1.82) is 0 Å². The minimum absolute atomic E-state index is 0.0388. The van der Waals surface area contributed by atoms with Crippen LogP contribution in [0.5, 0.6) is 0 Å². The van der Waals surface area contributed by atoms with Crippen LogP contribution >= 0.6 is 0 Å². The molecule has 1 aromatic rings. The fourth-order valence-electron chi connectivity index (χ4n) is 3.17. The summed E-state index contributed by atoms with van der Waals surface area (Å²) in [5, 5.41) is 2.91. The molecule has 2 aliphatic rings. The number of carbonyl (C=O) groups is 2. The molecule has 2 atom stereocenters. The van der Waals surface area contributed by atoms with Gasteiger partial charge >= 0.3 is 0 Å². The number of pyridine rings is 1. The Morgan fingerprint density at radius 1 is 1.55 bits per heavy atom. The highest BCUT2D eigenvalue weighted by Crippen LogP contribution is 2.58. The van der Waals surface area contributed by atoms with Gasteiger partial charge in [-0.2, -0.15) is 0 Å². The van der Waals surface area contributed by atoms with Crippen molar-refractivity contribution in [2.24, 2.45) is 11.3 Å². The molecule has 5 heteroatoms. The van der Waals surface area contributed by atoms with E-state index >= 15 is 0 Å². The summed E-state index contributed by atoms with van der Waals surface area (Å²) in [6.07, 6.45) is 5.72. The van der Waals surface area contributed by atoms with E-state index in [2.05, 4.69) is 10.3 Å². The zero-order valence-electron chi connectivity index (χ0n) is 11.6. The average Bonchev–Trinajstić information content (AvgIpc) is 3.00. The lowest BCUT2D eigenvalue weighted by atomic mass is 10.0. The van der Waals surface area contributed by atoms with Crippen LogP contribution in [0.3, 0.4) is 0 Å². The molecular formula is C15H19N3O2. The fourth-order valence-corrected chi connectivity index (χ4v) is 3.17. The van der Waals surface area contributed by atoms with Crippen molar-refractivity contribution < 1.29 is 9.59 Å². The number of nitrogens with one attached hydrogen (secondary N) is 1. The normalized spacial score (nSPS) is 27.6. The predicted molar refractivity (Wildman–Crippen MR) is 74.9 cm³/mol. The zero-order chi connectivity index (χ0) is 14.2. The lowest BCUT2D eigenvalue weighted by Gasteiger charge is -2.15. The van der Waals surface area contributed by atoms with E-state index in [0.29, 0.717) is 6.42 Å². The van der Waals surface area contributed by atoms with Crippen molar-refractivity contribution in [2.45, 2.75) is 26.2 Å². The highest BCUT2D eigenvalue weighted by Gasteiger charge is 2.61.